The minimum atomic E-state index is -0.422. The number of halogens is 1. The highest BCUT2D eigenvalue weighted by Crippen LogP contribution is 2.35. The summed E-state index contributed by atoms with van der Waals surface area (Å²) < 4.78 is 10.6. The molecule has 7 heteroatoms. The van der Waals surface area contributed by atoms with Crippen LogP contribution < -0.4 is 20.3 Å². The number of fused-ring (bicyclic) bond motifs is 1. The Morgan fingerprint density at radius 3 is 3.05 bits per heavy atom. The summed E-state index contributed by atoms with van der Waals surface area (Å²) in [5.41, 5.74) is 1.06. The number of aromatic amines is 1. The summed E-state index contributed by atoms with van der Waals surface area (Å²) in [7, 11) is 0. The summed E-state index contributed by atoms with van der Waals surface area (Å²) in [4.78, 5) is 11.4. The number of hydrogen-bond acceptors (Lipinski definition) is 5. The molecule has 0 saturated carbocycles. The number of benzene rings is 1. The van der Waals surface area contributed by atoms with Crippen LogP contribution in [0.5, 0.6) is 11.5 Å². The van der Waals surface area contributed by atoms with E-state index in [1.54, 1.807) is 0 Å². The molecule has 0 saturated heterocycles. The van der Waals surface area contributed by atoms with Crippen LogP contribution in [0, 0.1) is 0 Å². The van der Waals surface area contributed by atoms with E-state index in [9.17, 15) is 4.79 Å². The second-order valence-corrected chi connectivity index (χ2v) is 4.78. The highest BCUT2D eigenvalue weighted by molar-refractivity contribution is 6.32. The van der Waals surface area contributed by atoms with Crippen molar-refractivity contribution in [2.75, 3.05) is 12.1 Å². The first-order valence-electron chi connectivity index (χ1n) is 6.04. The topological polar surface area (TPSA) is 76.2 Å². The van der Waals surface area contributed by atoms with Crippen LogP contribution in [0.1, 0.15) is 18.5 Å². The van der Waals surface area contributed by atoms with Gasteiger partial charge in [-0.2, -0.15) is 5.10 Å². The molecule has 1 unspecified atom stereocenters. The lowest BCUT2D eigenvalue weighted by Gasteiger charge is -2.16. The van der Waals surface area contributed by atoms with Gasteiger partial charge in [-0.05, 0) is 24.6 Å². The maximum Gasteiger partial charge on any atom is 0.285 e. The lowest BCUT2D eigenvalue weighted by Crippen LogP contribution is -2.14. The summed E-state index contributed by atoms with van der Waals surface area (Å²) in [6, 6.07) is 5.62. The first-order chi connectivity index (χ1) is 9.65. The average Bonchev–Trinajstić information content (AvgIpc) is 2.91. The van der Waals surface area contributed by atoms with Crippen LogP contribution in [0.2, 0.25) is 5.02 Å². The van der Waals surface area contributed by atoms with E-state index in [4.69, 9.17) is 21.1 Å². The Hall–Kier alpha value is -2.21. The fourth-order valence-corrected chi connectivity index (χ4v) is 2.13. The Balaban J connectivity index is 1.84. The van der Waals surface area contributed by atoms with Crippen LogP contribution in [0.4, 0.5) is 5.69 Å². The van der Waals surface area contributed by atoms with Crippen molar-refractivity contribution >= 4 is 17.3 Å². The minimum absolute atomic E-state index is 0.0643. The molecule has 104 valence electrons. The molecule has 3 rings (SSSR count). The number of rotatable bonds is 3. The summed E-state index contributed by atoms with van der Waals surface area (Å²) in [6.45, 7) is 2.19. The molecule has 0 fully saturated rings. The molecule has 1 aliphatic heterocycles. The lowest BCUT2D eigenvalue weighted by atomic mass is 10.1. The van der Waals surface area contributed by atoms with Gasteiger partial charge in [0.1, 0.15) is 5.02 Å². The number of hydrogen-bond donors (Lipinski definition) is 2. The third-order valence-corrected chi connectivity index (χ3v) is 3.44. The van der Waals surface area contributed by atoms with Gasteiger partial charge in [0.15, 0.2) is 11.5 Å². The van der Waals surface area contributed by atoms with Crippen molar-refractivity contribution in [2.24, 2.45) is 0 Å². The van der Waals surface area contributed by atoms with E-state index < -0.39 is 5.56 Å². The Kier molecular flexibility index (Phi) is 3.23. The molecule has 0 spiro atoms. The van der Waals surface area contributed by atoms with Gasteiger partial charge in [0.05, 0.1) is 11.9 Å². The Morgan fingerprint density at radius 1 is 1.40 bits per heavy atom. The second kappa shape index (κ2) is 5.05. The number of nitrogens with one attached hydrogen (secondary N) is 2. The quantitative estimate of drug-likeness (QED) is 0.908. The molecular weight excluding hydrogens is 282 g/mol. The highest BCUT2D eigenvalue weighted by Gasteiger charge is 2.16. The number of ether oxygens (including phenoxy) is 2. The summed E-state index contributed by atoms with van der Waals surface area (Å²) in [5.74, 6) is 1.45. The van der Waals surface area contributed by atoms with Gasteiger partial charge in [-0.15, -0.1) is 0 Å². The van der Waals surface area contributed by atoms with Crippen LogP contribution in [0.15, 0.2) is 29.2 Å². The van der Waals surface area contributed by atoms with Gasteiger partial charge in [-0.25, -0.2) is 5.10 Å². The van der Waals surface area contributed by atoms with Crippen molar-refractivity contribution in [3.8, 4) is 11.5 Å². The molecule has 0 amide bonds. The van der Waals surface area contributed by atoms with Gasteiger partial charge < -0.3 is 14.8 Å². The fraction of sp³-hybridized carbons (Fsp3) is 0.231. The van der Waals surface area contributed by atoms with Crippen LogP contribution in [0.25, 0.3) is 0 Å². The molecule has 1 aliphatic rings. The van der Waals surface area contributed by atoms with Crippen molar-refractivity contribution in [3.05, 3.63) is 45.3 Å². The molecule has 2 heterocycles. The van der Waals surface area contributed by atoms with Crippen molar-refractivity contribution in [2.45, 2.75) is 13.0 Å². The zero-order chi connectivity index (χ0) is 14.1. The smallest absolute Gasteiger partial charge is 0.285 e. The molecule has 0 bridgehead atoms. The van der Waals surface area contributed by atoms with E-state index in [-0.39, 0.29) is 17.9 Å². The van der Waals surface area contributed by atoms with E-state index in [2.05, 4.69) is 15.5 Å². The Labute approximate surface area is 119 Å². The monoisotopic (exact) mass is 293 g/mol. The average molecular weight is 294 g/mol. The highest BCUT2D eigenvalue weighted by atomic mass is 35.5. The number of anilines is 1. The SMILES string of the molecule is CC(Nc1cn[nH]c(=O)c1Cl)c1ccc2c(c1)OCO2. The fourth-order valence-electron chi connectivity index (χ4n) is 1.98. The summed E-state index contributed by atoms with van der Waals surface area (Å²) in [6.07, 6.45) is 1.48. The first kappa shape index (κ1) is 12.8. The third kappa shape index (κ3) is 2.30. The van der Waals surface area contributed by atoms with Crippen LogP contribution in [-0.4, -0.2) is 17.0 Å². The zero-order valence-electron chi connectivity index (χ0n) is 10.6. The lowest BCUT2D eigenvalue weighted by molar-refractivity contribution is 0.174. The van der Waals surface area contributed by atoms with E-state index in [0.29, 0.717) is 11.4 Å². The van der Waals surface area contributed by atoms with Crippen LogP contribution >= 0.6 is 11.6 Å². The number of aromatic nitrogens is 2. The summed E-state index contributed by atoms with van der Waals surface area (Å²) >= 11 is 5.93. The van der Waals surface area contributed by atoms with Gasteiger partial charge >= 0.3 is 0 Å². The molecule has 20 heavy (non-hydrogen) atoms. The maximum absolute atomic E-state index is 11.4. The van der Waals surface area contributed by atoms with Gasteiger partial charge in [0.2, 0.25) is 6.79 Å². The molecule has 0 aliphatic carbocycles. The van der Waals surface area contributed by atoms with E-state index in [1.807, 2.05) is 25.1 Å². The van der Waals surface area contributed by atoms with E-state index in [0.717, 1.165) is 11.3 Å². The molecular formula is C13H12ClN3O3. The van der Waals surface area contributed by atoms with Crippen molar-refractivity contribution in [1.82, 2.24) is 10.2 Å². The zero-order valence-corrected chi connectivity index (χ0v) is 11.4. The molecule has 1 aromatic carbocycles. The largest absolute Gasteiger partial charge is 0.454 e. The Morgan fingerprint density at radius 2 is 2.20 bits per heavy atom. The Bertz CT molecular complexity index is 702. The third-order valence-electron chi connectivity index (χ3n) is 3.06. The van der Waals surface area contributed by atoms with Gasteiger partial charge in [-0.1, -0.05) is 17.7 Å². The number of nitrogens with zero attached hydrogens (tertiary/aromatic N) is 1. The molecule has 1 aromatic heterocycles. The van der Waals surface area contributed by atoms with Gasteiger partial charge in [0.25, 0.3) is 5.56 Å². The second-order valence-electron chi connectivity index (χ2n) is 4.41. The van der Waals surface area contributed by atoms with Crippen molar-refractivity contribution in [1.29, 1.82) is 0 Å². The van der Waals surface area contributed by atoms with E-state index in [1.165, 1.54) is 6.20 Å². The van der Waals surface area contributed by atoms with Crippen LogP contribution in [0.3, 0.4) is 0 Å². The van der Waals surface area contributed by atoms with E-state index >= 15 is 0 Å². The normalized spacial score (nSPS) is 14.1. The molecule has 1 atom stereocenters. The predicted octanol–water partition coefficient (Wildman–Crippen LogP) is 2.33. The van der Waals surface area contributed by atoms with Crippen molar-refractivity contribution < 1.29 is 9.47 Å². The standard InChI is InChI=1S/C13H12ClN3O3/c1-7(16-9-5-15-17-13(18)12(9)14)8-2-3-10-11(4-8)20-6-19-10/h2-5,7H,6H2,1H3,(H2,16,17,18). The van der Waals surface area contributed by atoms with Gasteiger partial charge in [-0.3, -0.25) is 4.79 Å². The first-order valence-corrected chi connectivity index (χ1v) is 6.42. The molecule has 0 radical (unpaired) electrons. The summed E-state index contributed by atoms with van der Waals surface area (Å²) in [5, 5.41) is 9.23. The molecule has 2 N–H and O–H groups in total. The molecule has 2 aromatic rings. The number of H-pyrrole nitrogens is 1. The molecule has 6 nitrogen and oxygen atoms in total. The van der Waals surface area contributed by atoms with Gasteiger partial charge in [0, 0.05) is 6.04 Å². The van der Waals surface area contributed by atoms with Crippen molar-refractivity contribution in [3.63, 3.8) is 0 Å². The maximum atomic E-state index is 11.4. The minimum Gasteiger partial charge on any atom is -0.454 e. The predicted molar refractivity (Wildman–Crippen MR) is 74.5 cm³/mol. The van der Waals surface area contributed by atoms with Crippen LogP contribution in [-0.2, 0) is 0 Å².